The lowest BCUT2D eigenvalue weighted by Gasteiger charge is -2.34. The molecule has 0 atom stereocenters. The Morgan fingerprint density at radius 1 is 0.879 bits per heavy atom. The average Bonchev–Trinajstić information content (AvgIpc) is 3.17. The smallest absolute Gasteiger partial charge is 0.258 e. The van der Waals surface area contributed by atoms with Crippen molar-refractivity contribution < 1.29 is 9.18 Å². The van der Waals surface area contributed by atoms with E-state index in [0.717, 1.165) is 23.4 Å². The van der Waals surface area contributed by atoms with Gasteiger partial charge in [0, 0.05) is 32.7 Å². The number of aromatic nitrogens is 2. The highest BCUT2D eigenvalue weighted by Crippen LogP contribution is 2.23. The number of nitrogens with zero attached hydrogens (tertiary/aromatic N) is 4. The Morgan fingerprint density at radius 3 is 2.36 bits per heavy atom. The SMILES string of the molecule is O=C(c1c(F)cccc1Cl)N1CCN(Cc2nc3ccccc3n2Cc2ccccc2)CC1. The van der Waals surface area contributed by atoms with E-state index in [0.29, 0.717) is 32.7 Å². The highest BCUT2D eigenvalue weighted by molar-refractivity contribution is 6.33. The first-order chi connectivity index (χ1) is 16.1. The van der Waals surface area contributed by atoms with Gasteiger partial charge >= 0.3 is 0 Å². The molecule has 1 aliphatic heterocycles. The Bertz CT molecular complexity index is 1260. The molecule has 1 fully saturated rings. The summed E-state index contributed by atoms with van der Waals surface area (Å²) in [5, 5.41) is 0.150. The molecule has 0 unspecified atom stereocenters. The van der Waals surface area contributed by atoms with Gasteiger partial charge in [0.25, 0.3) is 5.91 Å². The van der Waals surface area contributed by atoms with Gasteiger partial charge in [0.2, 0.25) is 0 Å². The third-order valence-electron chi connectivity index (χ3n) is 6.12. The summed E-state index contributed by atoms with van der Waals surface area (Å²) in [6.07, 6.45) is 0. The summed E-state index contributed by atoms with van der Waals surface area (Å²) in [6.45, 7) is 3.84. The molecule has 1 aliphatic rings. The number of halogens is 2. The van der Waals surface area contributed by atoms with Crippen molar-refractivity contribution in [2.45, 2.75) is 13.1 Å². The number of hydrogen-bond donors (Lipinski definition) is 0. The Kier molecular flexibility index (Phi) is 6.11. The van der Waals surface area contributed by atoms with E-state index in [9.17, 15) is 9.18 Å². The van der Waals surface area contributed by atoms with Crippen LogP contribution in [-0.4, -0.2) is 51.4 Å². The summed E-state index contributed by atoms with van der Waals surface area (Å²) in [4.78, 5) is 21.7. The summed E-state index contributed by atoms with van der Waals surface area (Å²) in [6, 6.07) is 22.9. The lowest BCUT2D eigenvalue weighted by atomic mass is 10.1. The summed E-state index contributed by atoms with van der Waals surface area (Å²) < 4.78 is 16.5. The lowest BCUT2D eigenvalue weighted by Crippen LogP contribution is -2.48. The third-order valence-corrected chi connectivity index (χ3v) is 6.43. The minimum absolute atomic E-state index is 0.0442. The van der Waals surface area contributed by atoms with Crippen LogP contribution in [0.5, 0.6) is 0 Å². The van der Waals surface area contributed by atoms with E-state index >= 15 is 0 Å². The minimum Gasteiger partial charge on any atom is -0.336 e. The minimum atomic E-state index is -0.579. The van der Waals surface area contributed by atoms with Crippen molar-refractivity contribution in [2.75, 3.05) is 26.2 Å². The number of carbonyl (C=O) groups is 1. The van der Waals surface area contributed by atoms with Crippen LogP contribution < -0.4 is 0 Å². The van der Waals surface area contributed by atoms with Crippen molar-refractivity contribution in [2.24, 2.45) is 0 Å². The lowest BCUT2D eigenvalue weighted by molar-refractivity contribution is 0.0620. The van der Waals surface area contributed by atoms with E-state index in [1.54, 1.807) is 11.0 Å². The van der Waals surface area contributed by atoms with E-state index in [4.69, 9.17) is 16.6 Å². The van der Waals surface area contributed by atoms with Crippen molar-refractivity contribution in [1.29, 1.82) is 0 Å². The Labute approximate surface area is 197 Å². The number of piperazine rings is 1. The molecule has 1 aromatic heterocycles. The molecule has 1 saturated heterocycles. The van der Waals surface area contributed by atoms with Crippen LogP contribution >= 0.6 is 11.6 Å². The molecular formula is C26H24ClFN4O. The molecule has 3 aromatic carbocycles. The van der Waals surface area contributed by atoms with Crippen LogP contribution in [0.25, 0.3) is 11.0 Å². The maximum Gasteiger partial charge on any atom is 0.258 e. The predicted molar refractivity (Wildman–Crippen MR) is 128 cm³/mol. The van der Waals surface area contributed by atoms with Gasteiger partial charge in [-0.1, -0.05) is 60.1 Å². The van der Waals surface area contributed by atoms with Gasteiger partial charge in [-0.05, 0) is 29.8 Å². The normalized spacial score (nSPS) is 14.7. The van der Waals surface area contributed by atoms with Gasteiger partial charge in [-0.15, -0.1) is 0 Å². The van der Waals surface area contributed by atoms with Crippen LogP contribution in [0.1, 0.15) is 21.7 Å². The van der Waals surface area contributed by atoms with E-state index in [-0.39, 0.29) is 16.5 Å². The van der Waals surface area contributed by atoms with Gasteiger partial charge in [0.1, 0.15) is 11.6 Å². The van der Waals surface area contributed by atoms with E-state index in [2.05, 4.69) is 27.7 Å². The summed E-state index contributed by atoms with van der Waals surface area (Å²) >= 11 is 6.09. The molecule has 4 aromatic rings. The van der Waals surface area contributed by atoms with Gasteiger partial charge in [0.15, 0.2) is 0 Å². The summed E-state index contributed by atoms with van der Waals surface area (Å²) in [5.74, 6) is 0.0654. The highest BCUT2D eigenvalue weighted by atomic mass is 35.5. The molecule has 1 amide bonds. The first-order valence-corrected chi connectivity index (χ1v) is 11.4. The monoisotopic (exact) mass is 462 g/mol. The zero-order valence-corrected chi connectivity index (χ0v) is 18.9. The molecule has 168 valence electrons. The molecule has 7 heteroatoms. The Balaban J connectivity index is 1.31. The van der Waals surface area contributed by atoms with Crippen LogP contribution in [0.2, 0.25) is 5.02 Å². The van der Waals surface area contributed by atoms with Crippen LogP contribution in [0.4, 0.5) is 4.39 Å². The Hall–Kier alpha value is -3.22. The number of rotatable bonds is 5. The fraction of sp³-hybridized carbons (Fsp3) is 0.231. The maximum absolute atomic E-state index is 14.2. The first kappa shape index (κ1) is 21.6. The van der Waals surface area contributed by atoms with E-state index in [1.807, 2.05) is 36.4 Å². The summed E-state index contributed by atoms with van der Waals surface area (Å²) in [5.41, 5.74) is 3.27. The first-order valence-electron chi connectivity index (χ1n) is 11.0. The topological polar surface area (TPSA) is 41.4 Å². The fourth-order valence-electron chi connectivity index (χ4n) is 4.36. The van der Waals surface area contributed by atoms with Crippen LogP contribution in [0.15, 0.2) is 72.8 Å². The quantitative estimate of drug-likeness (QED) is 0.426. The molecular weight excluding hydrogens is 439 g/mol. The number of para-hydroxylation sites is 2. The zero-order chi connectivity index (χ0) is 22.8. The number of fused-ring (bicyclic) bond motifs is 1. The molecule has 5 rings (SSSR count). The van der Waals surface area contributed by atoms with Gasteiger partial charge in [-0.3, -0.25) is 9.69 Å². The number of carbonyl (C=O) groups excluding carboxylic acids is 1. The number of amides is 1. The average molecular weight is 463 g/mol. The van der Waals surface area contributed by atoms with Gasteiger partial charge in [-0.2, -0.15) is 0 Å². The van der Waals surface area contributed by atoms with Gasteiger partial charge < -0.3 is 9.47 Å². The molecule has 0 N–H and O–H groups in total. The van der Waals surface area contributed by atoms with Crippen molar-refractivity contribution in [3.8, 4) is 0 Å². The summed E-state index contributed by atoms with van der Waals surface area (Å²) in [7, 11) is 0. The van der Waals surface area contributed by atoms with Gasteiger partial charge in [-0.25, -0.2) is 9.37 Å². The van der Waals surface area contributed by atoms with Crippen molar-refractivity contribution in [3.05, 3.63) is 101 Å². The van der Waals surface area contributed by atoms with Crippen LogP contribution in [0, 0.1) is 5.82 Å². The molecule has 0 radical (unpaired) electrons. The van der Waals surface area contributed by atoms with Crippen LogP contribution in [0.3, 0.4) is 0 Å². The standard InChI is InChI=1S/C26H24ClFN4O/c27-20-9-6-10-21(28)25(20)26(33)31-15-13-30(14-16-31)18-24-29-22-11-4-5-12-23(22)32(24)17-19-7-2-1-3-8-19/h1-12H,13-18H2. The fourth-order valence-corrected chi connectivity index (χ4v) is 4.60. The molecule has 0 bridgehead atoms. The highest BCUT2D eigenvalue weighted by Gasteiger charge is 2.26. The number of hydrogen-bond acceptors (Lipinski definition) is 3. The zero-order valence-electron chi connectivity index (χ0n) is 18.1. The second-order valence-corrected chi connectivity index (χ2v) is 8.66. The molecule has 5 nitrogen and oxygen atoms in total. The van der Waals surface area contributed by atoms with Crippen LogP contribution in [-0.2, 0) is 13.1 Å². The van der Waals surface area contributed by atoms with E-state index in [1.165, 1.54) is 17.7 Å². The molecule has 2 heterocycles. The molecule has 33 heavy (non-hydrogen) atoms. The van der Waals surface area contributed by atoms with Crippen molar-refractivity contribution in [3.63, 3.8) is 0 Å². The third kappa shape index (κ3) is 4.49. The molecule has 0 spiro atoms. The predicted octanol–water partition coefficient (Wildman–Crippen LogP) is 4.84. The molecule has 0 saturated carbocycles. The maximum atomic E-state index is 14.2. The second-order valence-electron chi connectivity index (χ2n) is 8.25. The Morgan fingerprint density at radius 2 is 1.61 bits per heavy atom. The number of imidazole rings is 1. The largest absolute Gasteiger partial charge is 0.336 e. The van der Waals surface area contributed by atoms with Crippen molar-refractivity contribution in [1.82, 2.24) is 19.4 Å². The number of benzene rings is 3. The van der Waals surface area contributed by atoms with E-state index < -0.39 is 5.82 Å². The van der Waals surface area contributed by atoms with Gasteiger partial charge in [0.05, 0.1) is 28.2 Å². The second kappa shape index (κ2) is 9.33. The molecule has 0 aliphatic carbocycles. The van der Waals surface area contributed by atoms with Crippen molar-refractivity contribution >= 4 is 28.5 Å².